The van der Waals surface area contributed by atoms with Gasteiger partial charge in [0.15, 0.2) is 12.7 Å². The number of amides is 1. The minimum Gasteiger partial charge on any atom is -0.479 e. The number of hydrogen-bond acceptors (Lipinski definition) is 6. The van der Waals surface area contributed by atoms with Crippen LogP contribution in [0.4, 0.5) is 0 Å². The summed E-state index contributed by atoms with van der Waals surface area (Å²) in [4.78, 5) is 26.9. The molecule has 0 saturated carbocycles. The fourth-order valence-corrected chi connectivity index (χ4v) is 3.31. The summed E-state index contributed by atoms with van der Waals surface area (Å²) in [6.07, 6.45) is -0.878. The Hall–Kier alpha value is -2.56. The predicted molar refractivity (Wildman–Crippen MR) is 103 cm³/mol. The van der Waals surface area contributed by atoms with Gasteiger partial charge in [-0.3, -0.25) is 4.79 Å². The van der Waals surface area contributed by atoms with Gasteiger partial charge in [0.05, 0.1) is 22.5 Å². The minimum absolute atomic E-state index is 0.291. The Bertz CT molecular complexity index is 829. The van der Waals surface area contributed by atoms with Crippen molar-refractivity contribution < 1.29 is 19.1 Å². The molecule has 0 fully saturated rings. The number of rotatable bonds is 8. The Morgan fingerprint density at radius 3 is 2.52 bits per heavy atom. The van der Waals surface area contributed by atoms with Crippen LogP contribution in [0.25, 0.3) is 0 Å². The maximum Gasteiger partial charge on any atom is 0.347 e. The van der Waals surface area contributed by atoms with E-state index in [4.69, 9.17) is 26.3 Å². The van der Waals surface area contributed by atoms with Gasteiger partial charge in [-0.25, -0.2) is 4.79 Å². The SMILES string of the molecule is CCN(Cc1ccc(Cl)s1)C(=O)COC(=O)[C@@H](C)Oc1ccc(C#N)cc1. The number of hydrogen-bond donors (Lipinski definition) is 0. The lowest BCUT2D eigenvalue weighted by Crippen LogP contribution is -2.36. The van der Waals surface area contributed by atoms with E-state index in [-0.39, 0.29) is 12.5 Å². The maximum atomic E-state index is 12.3. The molecule has 0 unspecified atom stereocenters. The van der Waals surface area contributed by atoms with Gasteiger partial charge < -0.3 is 14.4 Å². The van der Waals surface area contributed by atoms with Gasteiger partial charge in [0, 0.05) is 11.4 Å². The van der Waals surface area contributed by atoms with Crippen molar-refractivity contribution >= 4 is 34.8 Å². The summed E-state index contributed by atoms with van der Waals surface area (Å²) in [5, 5.41) is 8.77. The lowest BCUT2D eigenvalue weighted by atomic mass is 10.2. The van der Waals surface area contributed by atoms with Crippen LogP contribution in [-0.2, 0) is 20.9 Å². The number of ether oxygens (including phenoxy) is 2. The van der Waals surface area contributed by atoms with Crippen molar-refractivity contribution in [2.45, 2.75) is 26.5 Å². The standard InChI is InChI=1S/C19H19ClN2O4S/c1-3-22(11-16-8-9-17(20)27-16)18(23)12-25-19(24)13(2)26-15-6-4-14(10-21)5-7-15/h4-9,13H,3,11-12H2,1-2H3/t13-/m1/s1. The highest BCUT2D eigenvalue weighted by Gasteiger charge is 2.20. The average Bonchev–Trinajstić information content (AvgIpc) is 3.09. The summed E-state index contributed by atoms with van der Waals surface area (Å²) in [6.45, 7) is 3.94. The Morgan fingerprint density at radius 1 is 1.26 bits per heavy atom. The van der Waals surface area contributed by atoms with E-state index in [1.54, 1.807) is 35.2 Å². The zero-order chi connectivity index (χ0) is 19.8. The number of halogens is 1. The number of carbonyl (C=O) groups excluding carboxylic acids is 2. The lowest BCUT2D eigenvalue weighted by molar-refractivity contribution is -0.157. The van der Waals surface area contributed by atoms with E-state index in [2.05, 4.69) is 0 Å². The van der Waals surface area contributed by atoms with Crippen LogP contribution in [0.5, 0.6) is 5.75 Å². The van der Waals surface area contributed by atoms with Crippen molar-refractivity contribution in [1.82, 2.24) is 4.90 Å². The first-order chi connectivity index (χ1) is 12.9. The van der Waals surface area contributed by atoms with Gasteiger partial charge in [-0.1, -0.05) is 11.6 Å². The fourth-order valence-electron chi connectivity index (χ4n) is 2.20. The molecule has 1 aromatic carbocycles. The highest BCUT2D eigenvalue weighted by Crippen LogP contribution is 2.22. The molecule has 0 aliphatic carbocycles. The summed E-state index contributed by atoms with van der Waals surface area (Å²) >= 11 is 7.31. The van der Waals surface area contributed by atoms with Crippen LogP contribution in [0.15, 0.2) is 36.4 Å². The van der Waals surface area contributed by atoms with Crippen LogP contribution in [0.2, 0.25) is 4.34 Å². The fraction of sp³-hybridized carbons (Fsp3) is 0.316. The van der Waals surface area contributed by atoms with E-state index in [1.165, 1.54) is 18.3 Å². The molecular weight excluding hydrogens is 388 g/mol. The van der Waals surface area contributed by atoms with Gasteiger partial charge in [-0.2, -0.15) is 5.26 Å². The normalized spacial score (nSPS) is 11.3. The summed E-state index contributed by atoms with van der Waals surface area (Å²) < 4.78 is 11.2. The Balaban J connectivity index is 1.83. The first-order valence-corrected chi connectivity index (χ1v) is 9.47. The third-order valence-corrected chi connectivity index (χ3v) is 4.89. The number of likely N-dealkylation sites (N-methyl/N-ethyl adjacent to an activating group) is 1. The van der Waals surface area contributed by atoms with Gasteiger partial charge >= 0.3 is 5.97 Å². The van der Waals surface area contributed by atoms with E-state index in [1.807, 2.05) is 19.1 Å². The van der Waals surface area contributed by atoms with E-state index >= 15 is 0 Å². The molecule has 2 rings (SSSR count). The largest absolute Gasteiger partial charge is 0.479 e. The number of nitriles is 1. The van der Waals surface area contributed by atoms with Crippen molar-refractivity contribution in [3.63, 3.8) is 0 Å². The predicted octanol–water partition coefficient (Wildman–Crippen LogP) is 3.63. The monoisotopic (exact) mass is 406 g/mol. The maximum absolute atomic E-state index is 12.3. The second-order valence-electron chi connectivity index (χ2n) is 5.62. The lowest BCUT2D eigenvalue weighted by Gasteiger charge is -2.20. The van der Waals surface area contributed by atoms with Crippen molar-refractivity contribution in [3.05, 3.63) is 51.2 Å². The quantitative estimate of drug-likeness (QED) is 0.625. The molecule has 142 valence electrons. The van der Waals surface area contributed by atoms with Crippen LogP contribution >= 0.6 is 22.9 Å². The zero-order valence-electron chi connectivity index (χ0n) is 15.0. The highest BCUT2D eigenvalue weighted by atomic mass is 35.5. The molecule has 0 radical (unpaired) electrons. The van der Waals surface area contributed by atoms with Crippen LogP contribution in [0, 0.1) is 11.3 Å². The van der Waals surface area contributed by atoms with Crippen LogP contribution < -0.4 is 4.74 Å². The molecule has 0 spiro atoms. The Morgan fingerprint density at radius 2 is 1.96 bits per heavy atom. The second-order valence-corrected chi connectivity index (χ2v) is 7.42. The van der Waals surface area contributed by atoms with Gasteiger partial charge in [0.1, 0.15) is 5.75 Å². The molecule has 0 aliphatic heterocycles. The highest BCUT2D eigenvalue weighted by molar-refractivity contribution is 7.16. The molecule has 6 nitrogen and oxygen atoms in total. The van der Waals surface area contributed by atoms with E-state index < -0.39 is 12.1 Å². The van der Waals surface area contributed by atoms with Crippen LogP contribution in [0.1, 0.15) is 24.3 Å². The molecule has 2 aromatic rings. The number of nitrogens with zero attached hydrogens (tertiary/aromatic N) is 2. The third kappa shape index (κ3) is 6.27. The summed E-state index contributed by atoms with van der Waals surface area (Å²) in [5.41, 5.74) is 0.495. The molecule has 0 aliphatic rings. The minimum atomic E-state index is -0.878. The first kappa shape index (κ1) is 20.7. The number of benzene rings is 1. The van der Waals surface area contributed by atoms with Crippen molar-refractivity contribution in [3.8, 4) is 11.8 Å². The summed E-state index contributed by atoms with van der Waals surface area (Å²) in [5.74, 6) is -0.488. The van der Waals surface area contributed by atoms with E-state index in [9.17, 15) is 9.59 Å². The smallest absolute Gasteiger partial charge is 0.347 e. The molecule has 1 aromatic heterocycles. The molecule has 1 heterocycles. The molecule has 0 N–H and O–H groups in total. The zero-order valence-corrected chi connectivity index (χ0v) is 16.5. The molecule has 0 saturated heterocycles. The topological polar surface area (TPSA) is 79.6 Å². The van der Waals surface area contributed by atoms with Gasteiger partial charge in [-0.15, -0.1) is 11.3 Å². The van der Waals surface area contributed by atoms with Crippen LogP contribution in [-0.4, -0.2) is 36.0 Å². The Labute approximate surface area is 166 Å². The molecular formula is C19H19ClN2O4S. The Kier molecular flexibility index (Phi) is 7.65. The third-order valence-electron chi connectivity index (χ3n) is 3.68. The molecule has 1 amide bonds. The van der Waals surface area contributed by atoms with Crippen molar-refractivity contribution in [2.24, 2.45) is 0 Å². The van der Waals surface area contributed by atoms with Crippen molar-refractivity contribution in [1.29, 1.82) is 5.26 Å². The van der Waals surface area contributed by atoms with Crippen LogP contribution in [0.3, 0.4) is 0 Å². The van der Waals surface area contributed by atoms with Gasteiger partial charge in [0.2, 0.25) is 0 Å². The summed E-state index contributed by atoms with van der Waals surface area (Å²) in [6, 6.07) is 12.0. The van der Waals surface area contributed by atoms with E-state index in [0.29, 0.717) is 28.7 Å². The molecule has 27 heavy (non-hydrogen) atoms. The van der Waals surface area contributed by atoms with E-state index in [0.717, 1.165) is 4.88 Å². The second kappa shape index (κ2) is 9.95. The van der Waals surface area contributed by atoms with Gasteiger partial charge in [0.25, 0.3) is 5.91 Å². The molecule has 0 bridgehead atoms. The first-order valence-electron chi connectivity index (χ1n) is 8.28. The number of thiophene rings is 1. The number of esters is 1. The van der Waals surface area contributed by atoms with Crippen molar-refractivity contribution in [2.75, 3.05) is 13.2 Å². The molecule has 8 heteroatoms. The average molecular weight is 407 g/mol. The summed E-state index contributed by atoms with van der Waals surface area (Å²) in [7, 11) is 0. The number of carbonyl (C=O) groups is 2. The molecule has 1 atom stereocenters. The van der Waals surface area contributed by atoms with Gasteiger partial charge in [-0.05, 0) is 50.2 Å².